The van der Waals surface area contributed by atoms with E-state index >= 15 is 0 Å². The summed E-state index contributed by atoms with van der Waals surface area (Å²) < 4.78 is 23.5. The number of aromatic nitrogens is 21. The average molecular weight is 1790 g/mol. The number of nitrogens with one attached hydrogen (secondary N) is 12. The number of halogens is 1. The molecule has 5 aliphatic heterocycles. The first-order valence-corrected chi connectivity index (χ1v) is 44.9. The highest BCUT2D eigenvalue weighted by Gasteiger charge is 2.28. The number of piperidine rings is 1. The minimum Gasteiger partial charge on any atom is -0.379 e. The smallest absolute Gasteiger partial charge is 0.276 e. The lowest BCUT2D eigenvalue weighted by Gasteiger charge is -2.26. The van der Waals surface area contributed by atoms with Gasteiger partial charge in [-0.05, 0) is 128 Å². The van der Waals surface area contributed by atoms with Crippen LogP contribution in [0.1, 0.15) is 88.8 Å². The summed E-state index contributed by atoms with van der Waals surface area (Å²) in [6.45, 7) is 22.6. The number of hydrogen-bond acceptors (Lipinski definition) is 27. The lowest BCUT2D eigenvalue weighted by molar-refractivity contribution is -0.122. The van der Waals surface area contributed by atoms with Gasteiger partial charge in [-0.1, -0.05) is 47.6 Å². The van der Waals surface area contributed by atoms with Crippen molar-refractivity contribution in [2.45, 2.75) is 70.9 Å². The zero-order valence-corrected chi connectivity index (χ0v) is 73.0. The topological polar surface area (TPSA) is 460 Å². The van der Waals surface area contributed by atoms with Gasteiger partial charge in [0.1, 0.15) is 45.5 Å². The predicted octanol–water partition coefficient (Wildman–Crippen LogP) is 10.4. The van der Waals surface area contributed by atoms with Crippen molar-refractivity contribution in [3.8, 4) is 46.1 Å². The van der Waals surface area contributed by atoms with Crippen molar-refractivity contribution in [2.24, 2.45) is 5.92 Å². The number of hydrogen-bond donors (Lipinski definition) is 12. The summed E-state index contributed by atoms with van der Waals surface area (Å²) in [6.07, 6.45) is 15.7. The Bertz CT molecular complexity index is 6650. The van der Waals surface area contributed by atoms with E-state index in [1.54, 1.807) is 44.7 Å². The molecule has 21 rings (SSSR count). The molecule has 5 saturated heterocycles. The molecule has 0 atom stereocenters. The normalized spacial score (nSPS) is 15.7. The average Bonchev–Trinajstić information content (AvgIpc) is 1.64. The highest BCUT2D eigenvalue weighted by Crippen LogP contribution is 2.33. The second-order valence-corrected chi connectivity index (χ2v) is 34.0. The molecule has 128 heavy (non-hydrogen) atoms. The van der Waals surface area contributed by atoms with E-state index in [1.165, 1.54) is 57.7 Å². The van der Waals surface area contributed by atoms with E-state index in [4.69, 9.17) is 40.5 Å². The first kappa shape index (κ1) is 86.1. The molecule has 37 nitrogen and oxygen atoms in total. The number of carbonyl (C=O) groups is 4. The van der Waals surface area contributed by atoms with Crippen LogP contribution in [0.4, 0.5) is 11.4 Å². The second-order valence-electron chi connectivity index (χ2n) is 31.9. The summed E-state index contributed by atoms with van der Waals surface area (Å²) in [5, 5.41) is 40.0. The number of benzene rings is 4. The Labute approximate surface area is 744 Å². The van der Waals surface area contributed by atoms with Crippen LogP contribution in [0, 0.1) is 19.8 Å². The third-order valence-electron chi connectivity index (χ3n) is 23.0. The number of aromatic amines is 9. The van der Waals surface area contributed by atoms with E-state index in [2.05, 4.69) is 181 Å². The Hall–Kier alpha value is -12.6. The number of Topliss-reactive ketones (excluding diaryl/α,β-unsaturated/α-hetero) is 2. The first-order valence-electron chi connectivity index (χ1n) is 42.4. The monoisotopic (exact) mass is 1790 g/mol. The Balaban J connectivity index is 0.000000115. The predicted molar refractivity (Wildman–Crippen MR) is 486 cm³/mol. The fourth-order valence-corrected chi connectivity index (χ4v) is 17.5. The Kier molecular flexibility index (Phi) is 26.7. The van der Waals surface area contributed by atoms with Gasteiger partial charge in [-0.2, -0.15) is 20.4 Å². The molecule has 12 N–H and O–H groups in total. The highest BCUT2D eigenvalue weighted by atomic mass is 35.5. The molecule has 0 saturated carbocycles. The number of thioether (sulfide) groups is 1. The summed E-state index contributed by atoms with van der Waals surface area (Å²) >= 11 is 9.01. The summed E-state index contributed by atoms with van der Waals surface area (Å²) in [5.74, 6) is 1.97. The van der Waals surface area contributed by atoms with Crippen molar-refractivity contribution in [2.75, 3.05) is 135 Å². The number of imidazole rings is 5. The maximum absolute atomic E-state index is 12.9. The number of morpholine rings is 4. The largest absolute Gasteiger partial charge is 0.379 e. The van der Waals surface area contributed by atoms with E-state index in [-0.39, 0.29) is 40.3 Å². The van der Waals surface area contributed by atoms with Crippen LogP contribution >= 0.6 is 34.7 Å². The van der Waals surface area contributed by atoms with Crippen molar-refractivity contribution in [1.29, 1.82) is 0 Å². The van der Waals surface area contributed by atoms with Gasteiger partial charge in [-0.25, -0.2) is 34.9 Å². The molecule has 2 amide bonds. The third kappa shape index (κ3) is 20.5. The summed E-state index contributed by atoms with van der Waals surface area (Å²) in [6, 6.07) is 26.7. The van der Waals surface area contributed by atoms with Crippen LogP contribution < -0.4 is 21.5 Å². The van der Waals surface area contributed by atoms with Gasteiger partial charge in [0.2, 0.25) is 0 Å². The van der Waals surface area contributed by atoms with Crippen LogP contribution in [-0.4, -0.2) is 273 Å². The first-order chi connectivity index (χ1) is 62.6. The van der Waals surface area contributed by atoms with Gasteiger partial charge < -0.3 is 59.8 Å². The molecule has 0 radical (unpaired) electrons. The lowest BCUT2D eigenvalue weighted by atomic mass is 9.90. The van der Waals surface area contributed by atoms with Crippen LogP contribution in [0.25, 0.3) is 95.2 Å². The molecule has 660 valence electrons. The number of rotatable bonds is 23. The van der Waals surface area contributed by atoms with Crippen LogP contribution in [0.15, 0.2) is 138 Å². The zero-order valence-electron chi connectivity index (χ0n) is 70.6. The van der Waals surface area contributed by atoms with E-state index in [0.717, 1.165) is 223 Å². The molecule has 12 aromatic heterocycles. The number of carbonyl (C=O) groups excluding carboxylic acids is 4. The van der Waals surface area contributed by atoms with Gasteiger partial charge in [-0.15, -0.1) is 11.3 Å². The molecule has 5 aliphatic rings. The van der Waals surface area contributed by atoms with E-state index < -0.39 is 11.5 Å². The molecule has 0 unspecified atom stereocenters. The van der Waals surface area contributed by atoms with Crippen molar-refractivity contribution < 1.29 is 38.1 Å². The van der Waals surface area contributed by atoms with Crippen LogP contribution in [-0.2, 0) is 62.8 Å². The molecule has 4 aromatic carbocycles. The maximum Gasteiger partial charge on any atom is 0.276 e. The third-order valence-corrected chi connectivity index (χ3v) is 24.6. The standard InChI is InChI=1S/C23H25N7O3.C22H22ClN7O2S.C22H28N6O2.C21H20N8O2S/c1-13-9-14(2)25-22(31)19(13)23(32)28-18-11-24-29-20(18)21-26-16-4-3-15(10-17(16)27-21)12-30-5-7-33-8-6-30;1-33-22-24-11-15(23)20(28-22)18(31)9-14-10-25-29-19(14)21-26-16-3-2-13(8-17(16)27-21)12-30-4-6-32-7-5-30;29-20(16-3-5-23-6-4-16)12-17-13-24-27-21(17)22-25-18-2-1-15(11-19(18)26-22)14-28-7-9-30-10-8-28;30-20(17-12-29-5-8-32-21(29)26-17)25-16-10-22-27-18(16)19-23-14-2-1-13(9-15(14)24-19)11-28-3-6-31-7-4-28/h3-4,9-11H,5-8,12H2,1-2H3,(H,24,29)(H,25,31)(H,26,27)(H,28,32);2-3,8,10-11H,4-7,9,12H2,1H3,(H,25,29)(H,26,27);1-2,11,13,16,23H,3-10,12,14H2,(H,24,27)(H,25,26);1-2,5,8-10,12H,3-4,6-7,11H2,(H,22,27)(H,23,24)(H,25,30). The minimum atomic E-state index is -0.500. The van der Waals surface area contributed by atoms with Gasteiger partial charge in [0.05, 0.1) is 144 Å². The zero-order chi connectivity index (χ0) is 87.6. The second kappa shape index (κ2) is 39.7. The number of ether oxygens (including phenoxy) is 4. The fraction of sp³-hybridized carbons (Fsp3) is 0.341. The molecule has 0 bridgehead atoms. The molecule has 16 aromatic rings. The number of amides is 2. The number of nitrogens with zero attached hydrogens (tertiary/aromatic N) is 16. The van der Waals surface area contributed by atoms with E-state index in [9.17, 15) is 24.0 Å². The molecular weight excluding hydrogens is 1690 g/mol. The number of H-pyrrole nitrogens is 9. The van der Waals surface area contributed by atoms with Gasteiger partial charge in [0.25, 0.3) is 17.4 Å². The van der Waals surface area contributed by atoms with E-state index in [0.29, 0.717) is 85.8 Å². The molecule has 17 heterocycles. The SMILES string of the molecule is CSc1ncc(Cl)c(C(=O)Cc2cn[nH]c2-c2nc3ccc(CN4CCOCC4)cc3[nH]2)n1.Cc1cc(C)c(C(=O)Nc2cn[nH]c2-c2nc3ccc(CN4CCOCC4)cc3[nH]2)c(=O)[nH]1.O=C(Cc1cn[nH]c1-c1nc2ccc(CN3CCOCC3)cc2[nH]1)C1CCNCC1.O=C(Nc1cn[nH]c1-c1nc2ccc(CN3CCOCC3)cc2[nH]1)c1cn2ccsc2n1. The summed E-state index contributed by atoms with van der Waals surface area (Å²) in [4.78, 5) is 121. The molecular formula is C88H95ClN28O9S2. The van der Waals surface area contributed by atoms with Gasteiger partial charge in [0.15, 0.2) is 39.2 Å². The summed E-state index contributed by atoms with van der Waals surface area (Å²) in [7, 11) is 0. The molecule has 0 aliphatic carbocycles. The van der Waals surface area contributed by atoms with Crippen molar-refractivity contribution in [3.63, 3.8) is 0 Å². The Morgan fingerprint density at radius 3 is 1.37 bits per heavy atom. The quantitative estimate of drug-likeness (QED) is 0.0161. The number of fused-ring (bicyclic) bond motifs is 5. The van der Waals surface area contributed by atoms with Crippen molar-refractivity contribution in [1.82, 2.24) is 130 Å². The molecule has 40 heteroatoms. The number of aryl methyl sites for hydroxylation is 2. The molecule has 0 spiro atoms. The number of ketones is 2. The van der Waals surface area contributed by atoms with Crippen LogP contribution in [0.5, 0.6) is 0 Å². The Morgan fingerprint density at radius 2 is 0.930 bits per heavy atom. The number of anilines is 2. The number of pyridine rings is 1. The van der Waals surface area contributed by atoms with Gasteiger partial charge >= 0.3 is 0 Å². The van der Waals surface area contributed by atoms with Crippen molar-refractivity contribution in [3.05, 3.63) is 205 Å². The lowest BCUT2D eigenvalue weighted by Crippen LogP contribution is -2.35. The van der Waals surface area contributed by atoms with Crippen molar-refractivity contribution >= 4 is 119 Å². The van der Waals surface area contributed by atoms with Gasteiger partial charge in [-0.3, -0.25) is 68.4 Å². The van der Waals surface area contributed by atoms with Crippen LogP contribution in [0.2, 0.25) is 5.02 Å². The summed E-state index contributed by atoms with van der Waals surface area (Å²) in [5.41, 5.74) is 18.8. The molecule has 5 fully saturated rings. The Morgan fingerprint density at radius 1 is 0.508 bits per heavy atom. The maximum atomic E-state index is 12.9. The minimum absolute atomic E-state index is 0.0742. The van der Waals surface area contributed by atoms with Crippen LogP contribution in [0.3, 0.4) is 0 Å². The highest BCUT2D eigenvalue weighted by molar-refractivity contribution is 7.98. The number of thiazole rings is 1. The van der Waals surface area contributed by atoms with E-state index in [1.807, 2.05) is 40.4 Å². The fourth-order valence-electron chi connectivity index (χ4n) is 16.3. The van der Waals surface area contributed by atoms with Gasteiger partial charge in [0, 0.05) is 132 Å².